The number of thioether (sulfide) groups is 2. The van der Waals surface area contributed by atoms with E-state index in [1.54, 1.807) is 37.4 Å². The van der Waals surface area contributed by atoms with Crippen molar-refractivity contribution in [2.24, 2.45) is 0 Å². The van der Waals surface area contributed by atoms with E-state index in [9.17, 15) is 9.59 Å². The molecule has 0 saturated heterocycles. The van der Waals surface area contributed by atoms with Crippen LogP contribution in [0.25, 0.3) is 0 Å². The summed E-state index contributed by atoms with van der Waals surface area (Å²) in [5, 5.41) is 0.223. The molecule has 0 saturated carbocycles. The first kappa shape index (κ1) is 15.0. The van der Waals surface area contributed by atoms with Gasteiger partial charge in [0.25, 0.3) is 0 Å². The molecular weight excluding hydrogens is 228 g/mol. The Morgan fingerprint density at radius 3 is 1.53 bits per heavy atom. The molecule has 0 aromatic heterocycles. The Balaban J connectivity index is 3.40. The molecule has 0 aromatic carbocycles. The van der Waals surface area contributed by atoms with E-state index in [0.29, 0.717) is 0 Å². The number of ketones is 2. The Hall–Kier alpha value is 0.0400. The van der Waals surface area contributed by atoms with Gasteiger partial charge in [-0.25, -0.2) is 0 Å². The summed E-state index contributed by atoms with van der Waals surface area (Å²) >= 11 is 3.39. The van der Waals surface area contributed by atoms with Crippen molar-refractivity contribution in [2.45, 2.75) is 44.6 Å². The van der Waals surface area contributed by atoms with E-state index < -0.39 is 0 Å². The first-order valence-corrected chi connectivity index (χ1v) is 7.29. The zero-order chi connectivity index (χ0) is 11.8. The molecule has 2 unspecified atom stereocenters. The molecule has 0 spiro atoms. The Morgan fingerprint density at radius 1 is 0.933 bits per heavy atom. The lowest BCUT2D eigenvalue weighted by Gasteiger charge is -2.08. The maximum Gasteiger partial charge on any atom is 0.142 e. The lowest BCUT2D eigenvalue weighted by molar-refractivity contribution is -0.117. The van der Waals surface area contributed by atoms with Crippen LogP contribution in [0.15, 0.2) is 0 Å². The molecule has 4 heteroatoms. The van der Waals surface area contributed by atoms with Crippen LogP contribution in [0, 0.1) is 0 Å². The van der Waals surface area contributed by atoms with E-state index in [0.717, 1.165) is 17.9 Å². The first-order chi connectivity index (χ1) is 6.95. The molecule has 15 heavy (non-hydrogen) atoms. The minimum atomic E-state index is 0.111. The summed E-state index contributed by atoms with van der Waals surface area (Å²) in [4.78, 5) is 21.9. The van der Waals surface area contributed by atoms with Gasteiger partial charge >= 0.3 is 0 Å². The summed E-state index contributed by atoms with van der Waals surface area (Å²) in [6.45, 7) is 7.14. The van der Waals surface area contributed by atoms with Gasteiger partial charge in [0.15, 0.2) is 0 Å². The molecule has 0 N–H and O–H groups in total. The number of hydrogen-bond acceptors (Lipinski definition) is 4. The van der Waals surface area contributed by atoms with E-state index in [1.807, 2.05) is 13.8 Å². The van der Waals surface area contributed by atoms with Crippen molar-refractivity contribution in [3.8, 4) is 0 Å². The Kier molecular flexibility index (Phi) is 8.24. The lowest BCUT2D eigenvalue weighted by Crippen LogP contribution is -2.10. The second-order valence-corrected chi connectivity index (χ2v) is 6.50. The van der Waals surface area contributed by atoms with Gasteiger partial charge in [-0.1, -0.05) is 0 Å². The average Bonchev–Trinajstić information content (AvgIpc) is 2.16. The highest BCUT2D eigenvalue weighted by molar-refractivity contribution is 8.01. The van der Waals surface area contributed by atoms with Gasteiger partial charge in [0, 0.05) is 0 Å². The highest BCUT2D eigenvalue weighted by atomic mass is 32.2. The van der Waals surface area contributed by atoms with Crippen molar-refractivity contribution < 1.29 is 9.59 Å². The largest absolute Gasteiger partial charge is 0.299 e. The van der Waals surface area contributed by atoms with Gasteiger partial charge in [-0.3, -0.25) is 9.59 Å². The van der Waals surface area contributed by atoms with Gasteiger partial charge in [0.2, 0.25) is 0 Å². The molecule has 0 fully saturated rings. The predicted molar refractivity (Wildman–Crippen MR) is 69.8 cm³/mol. The summed E-state index contributed by atoms with van der Waals surface area (Å²) in [5.41, 5.74) is 0. The smallest absolute Gasteiger partial charge is 0.142 e. The molecule has 0 aliphatic rings. The maximum absolute atomic E-state index is 10.9. The van der Waals surface area contributed by atoms with Crippen molar-refractivity contribution in [1.29, 1.82) is 0 Å². The van der Waals surface area contributed by atoms with E-state index in [2.05, 4.69) is 0 Å². The second-order valence-electron chi connectivity index (χ2n) is 3.60. The first-order valence-electron chi connectivity index (χ1n) is 5.19. The summed E-state index contributed by atoms with van der Waals surface area (Å²) in [5.74, 6) is 2.48. The molecule has 2 nitrogen and oxygen atoms in total. The van der Waals surface area contributed by atoms with Gasteiger partial charge in [-0.05, 0) is 45.6 Å². The van der Waals surface area contributed by atoms with Crippen molar-refractivity contribution in [2.75, 3.05) is 11.5 Å². The fourth-order valence-corrected chi connectivity index (χ4v) is 2.80. The highest BCUT2D eigenvalue weighted by Gasteiger charge is 2.09. The van der Waals surface area contributed by atoms with Crippen LogP contribution in [0.1, 0.15) is 34.1 Å². The predicted octanol–water partition coefficient (Wildman–Crippen LogP) is 2.80. The Bertz CT molecular complexity index is 195. The summed E-state index contributed by atoms with van der Waals surface area (Å²) < 4.78 is 0. The van der Waals surface area contributed by atoms with E-state index in [1.165, 1.54) is 0 Å². The molecule has 0 heterocycles. The molecule has 0 bridgehead atoms. The van der Waals surface area contributed by atoms with Gasteiger partial charge < -0.3 is 0 Å². The molecule has 0 rings (SSSR count). The van der Waals surface area contributed by atoms with Crippen molar-refractivity contribution in [3.05, 3.63) is 0 Å². The third-order valence-corrected chi connectivity index (χ3v) is 4.88. The molecule has 88 valence electrons. The molecular formula is C11H20O2S2. The van der Waals surface area contributed by atoms with Crippen LogP contribution in [-0.2, 0) is 9.59 Å². The number of carbonyl (C=O) groups is 2. The molecule has 0 aliphatic carbocycles. The second kappa shape index (κ2) is 8.22. The normalized spacial score (nSPS) is 14.7. The van der Waals surface area contributed by atoms with E-state index >= 15 is 0 Å². The van der Waals surface area contributed by atoms with Crippen LogP contribution < -0.4 is 0 Å². The van der Waals surface area contributed by atoms with Crippen LogP contribution in [0.3, 0.4) is 0 Å². The number of rotatable bonds is 8. The fourth-order valence-electron chi connectivity index (χ4n) is 0.814. The van der Waals surface area contributed by atoms with Crippen LogP contribution >= 0.6 is 23.5 Å². The maximum atomic E-state index is 10.9. The Labute approximate surface area is 101 Å². The molecule has 0 radical (unpaired) electrons. The third-order valence-electron chi connectivity index (χ3n) is 2.17. The van der Waals surface area contributed by atoms with Crippen molar-refractivity contribution >= 4 is 35.1 Å². The van der Waals surface area contributed by atoms with Crippen LogP contribution in [0.5, 0.6) is 0 Å². The zero-order valence-corrected chi connectivity index (χ0v) is 11.5. The standard InChI is InChI=1S/C11H20O2S2/c1-8(12)10(3)14-6-5-7-15-11(4)9(2)13/h10-11H,5-7H2,1-4H3. The zero-order valence-electron chi connectivity index (χ0n) is 9.91. The van der Waals surface area contributed by atoms with Crippen LogP contribution in [0.2, 0.25) is 0 Å². The minimum Gasteiger partial charge on any atom is -0.299 e. The number of hydrogen-bond donors (Lipinski definition) is 0. The minimum absolute atomic E-state index is 0.111. The number of Topliss-reactive ketones (excluding diaryl/α,β-unsaturated/α-hetero) is 2. The quantitative estimate of drug-likeness (QED) is 0.619. The molecule has 0 amide bonds. The summed E-state index contributed by atoms with van der Waals surface area (Å²) in [6, 6.07) is 0. The summed E-state index contributed by atoms with van der Waals surface area (Å²) in [7, 11) is 0. The van der Waals surface area contributed by atoms with Crippen LogP contribution in [0.4, 0.5) is 0 Å². The molecule has 0 aliphatic heterocycles. The van der Waals surface area contributed by atoms with E-state index in [4.69, 9.17) is 0 Å². The third kappa shape index (κ3) is 7.91. The monoisotopic (exact) mass is 248 g/mol. The van der Waals surface area contributed by atoms with Gasteiger partial charge in [-0.15, -0.1) is 0 Å². The van der Waals surface area contributed by atoms with Gasteiger partial charge in [0.1, 0.15) is 11.6 Å². The fraction of sp³-hybridized carbons (Fsp3) is 0.818. The summed E-state index contributed by atoms with van der Waals surface area (Å²) in [6.07, 6.45) is 1.06. The van der Waals surface area contributed by atoms with Crippen molar-refractivity contribution in [1.82, 2.24) is 0 Å². The number of carbonyl (C=O) groups excluding carboxylic acids is 2. The highest BCUT2D eigenvalue weighted by Crippen LogP contribution is 2.17. The molecule has 0 aromatic rings. The SMILES string of the molecule is CC(=O)C(C)SCCCSC(C)C(C)=O. The van der Waals surface area contributed by atoms with Crippen LogP contribution in [-0.4, -0.2) is 33.6 Å². The van der Waals surface area contributed by atoms with Gasteiger partial charge in [0.05, 0.1) is 10.5 Å². The molecule has 2 atom stereocenters. The average molecular weight is 248 g/mol. The topological polar surface area (TPSA) is 34.1 Å². The van der Waals surface area contributed by atoms with Crippen molar-refractivity contribution in [3.63, 3.8) is 0 Å². The Morgan fingerprint density at radius 2 is 1.27 bits per heavy atom. The van der Waals surface area contributed by atoms with Gasteiger partial charge in [-0.2, -0.15) is 23.5 Å². The van der Waals surface area contributed by atoms with E-state index in [-0.39, 0.29) is 22.1 Å². The lowest BCUT2D eigenvalue weighted by atomic mass is 10.3.